The number of carbonyl (C=O) groups excluding carboxylic acids is 2. The number of nitrogens with zero attached hydrogens (tertiary/aromatic N) is 4. The minimum atomic E-state index is -0.645. The molecule has 1 aliphatic carbocycles. The van der Waals surface area contributed by atoms with E-state index in [0.717, 1.165) is 36.4 Å². The Morgan fingerprint density at radius 3 is 2.68 bits per heavy atom. The highest BCUT2D eigenvalue weighted by Crippen LogP contribution is 2.30. The Bertz CT molecular complexity index is 1060. The van der Waals surface area contributed by atoms with Gasteiger partial charge in [0.25, 0.3) is 5.91 Å². The highest BCUT2D eigenvalue weighted by molar-refractivity contribution is 7.11. The molecule has 1 amide bonds. The van der Waals surface area contributed by atoms with Gasteiger partial charge in [-0.1, -0.05) is 0 Å². The predicted molar refractivity (Wildman–Crippen MR) is 121 cm³/mol. The van der Waals surface area contributed by atoms with Crippen molar-refractivity contribution in [3.63, 3.8) is 0 Å². The van der Waals surface area contributed by atoms with E-state index < -0.39 is 5.91 Å². The van der Waals surface area contributed by atoms with Crippen LogP contribution >= 0.6 is 22.9 Å². The molecule has 4 rings (SSSR count). The molecule has 0 unspecified atom stereocenters. The van der Waals surface area contributed by atoms with Crippen LogP contribution in [0.3, 0.4) is 0 Å². The molecule has 3 aromatic rings. The van der Waals surface area contributed by atoms with Gasteiger partial charge in [0, 0.05) is 24.0 Å². The first-order valence-electron chi connectivity index (χ1n) is 10.0. The molecule has 11 heteroatoms. The highest BCUT2D eigenvalue weighted by atomic mass is 32.1. The van der Waals surface area contributed by atoms with Crippen molar-refractivity contribution in [1.82, 2.24) is 19.3 Å². The number of carbonyl (C=O) groups is 2. The van der Waals surface area contributed by atoms with Gasteiger partial charge in [-0.2, -0.15) is 4.37 Å². The van der Waals surface area contributed by atoms with E-state index in [-0.39, 0.29) is 17.5 Å². The number of amides is 1. The predicted octanol–water partition coefficient (Wildman–Crippen LogP) is 3.78. The second-order valence-corrected chi connectivity index (χ2v) is 9.30. The molecular formula is C20H23N7O2S2. The Balaban J connectivity index is 1.36. The van der Waals surface area contributed by atoms with Crippen LogP contribution in [0.5, 0.6) is 0 Å². The summed E-state index contributed by atoms with van der Waals surface area (Å²) in [4.78, 5) is 36.9. The first kappa shape index (κ1) is 21.3. The number of hydrogen-bond acceptors (Lipinski definition) is 10. The van der Waals surface area contributed by atoms with Crippen LogP contribution in [0.15, 0.2) is 23.8 Å². The number of aryl methyl sites for hydroxylation is 1. The highest BCUT2D eigenvalue weighted by Gasteiger charge is 2.25. The summed E-state index contributed by atoms with van der Waals surface area (Å²) < 4.78 is 4.22. The summed E-state index contributed by atoms with van der Waals surface area (Å²) in [5.74, 6) is 0.756. The summed E-state index contributed by atoms with van der Waals surface area (Å²) in [5.41, 5.74) is 6.41. The smallest absolute Gasteiger partial charge is 0.271 e. The summed E-state index contributed by atoms with van der Waals surface area (Å²) in [6, 6.07) is 2.10. The number of aromatic nitrogens is 4. The topological polar surface area (TPSA) is 136 Å². The SMILES string of the molecule is Cc1cc(Nc2nc(NC3CCC(CC(=O)c4nccs4)CC3)cnc2C(N)=O)sn1. The molecule has 31 heavy (non-hydrogen) atoms. The summed E-state index contributed by atoms with van der Waals surface area (Å²) in [6.07, 6.45) is 7.55. The van der Waals surface area contributed by atoms with E-state index in [1.165, 1.54) is 29.1 Å². The Morgan fingerprint density at radius 2 is 2.03 bits per heavy atom. The number of nitrogens with two attached hydrogens (primary N) is 1. The molecule has 162 valence electrons. The second kappa shape index (κ2) is 9.48. The summed E-state index contributed by atoms with van der Waals surface area (Å²) in [5, 5.41) is 9.69. The van der Waals surface area contributed by atoms with E-state index in [1.54, 1.807) is 6.20 Å². The van der Waals surface area contributed by atoms with Crippen molar-refractivity contribution in [2.24, 2.45) is 11.7 Å². The van der Waals surface area contributed by atoms with Crippen LogP contribution < -0.4 is 16.4 Å². The molecule has 0 saturated heterocycles. The quantitative estimate of drug-likeness (QED) is 0.435. The fourth-order valence-electron chi connectivity index (χ4n) is 3.70. The molecular weight excluding hydrogens is 434 g/mol. The number of anilines is 3. The number of nitrogens with one attached hydrogen (secondary N) is 2. The maximum Gasteiger partial charge on any atom is 0.271 e. The maximum atomic E-state index is 12.3. The summed E-state index contributed by atoms with van der Waals surface area (Å²) in [6.45, 7) is 1.89. The Morgan fingerprint density at radius 1 is 1.23 bits per heavy atom. The number of primary amides is 1. The monoisotopic (exact) mass is 457 g/mol. The van der Waals surface area contributed by atoms with Crippen molar-refractivity contribution in [2.75, 3.05) is 10.6 Å². The van der Waals surface area contributed by atoms with Gasteiger partial charge in [-0.15, -0.1) is 11.3 Å². The first-order valence-corrected chi connectivity index (χ1v) is 11.7. The van der Waals surface area contributed by atoms with Crippen molar-refractivity contribution < 1.29 is 9.59 Å². The molecule has 0 aromatic carbocycles. The zero-order valence-electron chi connectivity index (χ0n) is 17.0. The van der Waals surface area contributed by atoms with E-state index in [1.807, 2.05) is 18.4 Å². The van der Waals surface area contributed by atoms with E-state index in [9.17, 15) is 9.59 Å². The molecule has 3 aromatic heterocycles. The molecule has 0 bridgehead atoms. The largest absolute Gasteiger partial charge is 0.366 e. The molecule has 4 N–H and O–H groups in total. The standard InChI is InChI=1S/C20H23N7O2S2/c1-11-8-16(31-27-11)26-19-17(18(21)29)23-10-15(25-19)24-13-4-2-12(3-5-13)9-14(28)20-22-6-7-30-20/h6-8,10,12-13H,2-5,9H2,1H3,(H2,21,29)(H2,24,25,26). The van der Waals surface area contributed by atoms with Crippen molar-refractivity contribution in [1.29, 1.82) is 0 Å². The molecule has 1 saturated carbocycles. The van der Waals surface area contributed by atoms with Crippen LogP contribution in [-0.4, -0.2) is 37.1 Å². The summed E-state index contributed by atoms with van der Waals surface area (Å²) in [7, 11) is 0. The normalized spacial score (nSPS) is 18.5. The van der Waals surface area contributed by atoms with E-state index in [2.05, 4.69) is 30.0 Å². The third kappa shape index (κ3) is 5.42. The van der Waals surface area contributed by atoms with Crippen LogP contribution in [0.25, 0.3) is 0 Å². The van der Waals surface area contributed by atoms with Gasteiger partial charge in [-0.3, -0.25) is 9.59 Å². The number of ketones is 1. The van der Waals surface area contributed by atoms with Crippen LogP contribution in [0.4, 0.5) is 16.6 Å². The van der Waals surface area contributed by atoms with Gasteiger partial charge in [0.05, 0.1) is 11.9 Å². The molecule has 1 fully saturated rings. The van der Waals surface area contributed by atoms with Crippen molar-refractivity contribution >= 4 is 51.2 Å². The Kier molecular flexibility index (Phi) is 6.52. The van der Waals surface area contributed by atoms with Crippen molar-refractivity contribution in [3.05, 3.63) is 40.2 Å². The van der Waals surface area contributed by atoms with Crippen LogP contribution in [0.2, 0.25) is 0 Å². The minimum Gasteiger partial charge on any atom is -0.366 e. The number of thiazole rings is 1. The van der Waals surface area contributed by atoms with Gasteiger partial charge in [0.15, 0.2) is 22.3 Å². The van der Waals surface area contributed by atoms with E-state index in [0.29, 0.717) is 29.0 Å². The third-order valence-corrected chi connectivity index (χ3v) is 6.83. The van der Waals surface area contributed by atoms with Crippen LogP contribution in [-0.2, 0) is 0 Å². The van der Waals surface area contributed by atoms with Crippen LogP contribution in [0, 0.1) is 12.8 Å². The summed E-state index contributed by atoms with van der Waals surface area (Å²) >= 11 is 2.68. The number of hydrogen-bond donors (Lipinski definition) is 3. The van der Waals surface area contributed by atoms with E-state index in [4.69, 9.17) is 5.73 Å². The third-order valence-electron chi connectivity index (χ3n) is 5.22. The molecule has 0 radical (unpaired) electrons. The maximum absolute atomic E-state index is 12.3. The Labute approximate surface area is 187 Å². The molecule has 9 nitrogen and oxygen atoms in total. The zero-order chi connectivity index (χ0) is 21.8. The Hall–Kier alpha value is -2.92. The first-order chi connectivity index (χ1) is 15.0. The lowest BCUT2D eigenvalue weighted by atomic mass is 9.83. The molecule has 1 aliphatic rings. The average Bonchev–Trinajstić information content (AvgIpc) is 3.41. The van der Waals surface area contributed by atoms with Gasteiger partial charge in [0.1, 0.15) is 10.8 Å². The second-order valence-electron chi connectivity index (χ2n) is 7.60. The van der Waals surface area contributed by atoms with Crippen molar-refractivity contribution in [3.8, 4) is 0 Å². The molecule has 0 aliphatic heterocycles. The lowest BCUT2D eigenvalue weighted by Crippen LogP contribution is -2.28. The molecule has 0 spiro atoms. The minimum absolute atomic E-state index is 0.0843. The van der Waals surface area contributed by atoms with E-state index >= 15 is 0 Å². The zero-order valence-corrected chi connectivity index (χ0v) is 18.6. The molecule has 0 atom stereocenters. The lowest BCUT2D eigenvalue weighted by molar-refractivity contribution is 0.0947. The van der Waals surface area contributed by atoms with Gasteiger partial charge >= 0.3 is 0 Å². The van der Waals surface area contributed by atoms with Gasteiger partial charge in [-0.25, -0.2) is 15.0 Å². The average molecular weight is 458 g/mol. The van der Waals surface area contributed by atoms with Gasteiger partial charge in [0.2, 0.25) is 0 Å². The lowest BCUT2D eigenvalue weighted by Gasteiger charge is -2.29. The van der Waals surface area contributed by atoms with Gasteiger partial charge in [-0.05, 0) is 56.1 Å². The number of rotatable bonds is 8. The molecule has 3 heterocycles. The fourth-order valence-corrected chi connectivity index (χ4v) is 4.94. The van der Waals surface area contributed by atoms with Crippen LogP contribution in [0.1, 0.15) is 58.1 Å². The fraction of sp³-hybridized carbons (Fsp3) is 0.400. The number of Topliss-reactive ketones (excluding diaryl/α,β-unsaturated/α-hetero) is 1. The van der Waals surface area contributed by atoms with Crippen molar-refractivity contribution in [2.45, 2.75) is 45.1 Å². The van der Waals surface area contributed by atoms with Gasteiger partial charge < -0.3 is 16.4 Å².